The van der Waals surface area contributed by atoms with Crippen molar-refractivity contribution in [3.8, 4) is 5.75 Å². The van der Waals surface area contributed by atoms with E-state index in [9.17, 15) is 9.59 Å². The first-order valence-electron chi connectivity index (χ1n) is 23.5. The van der Waals surface area contributed by atoms with Crippen LogP contribution < -0.4 is 15.4 Å². The molecule has 1 aromatic heterocycles. The second-order valence-electron chi connectivity index (χ2n) is 17.2. The third kappa shape index (κ3) is 9.62. The number of amides is 2. The molecule has 1 fully saturated rings. The standard InChI is InChI=1S/C59H48ClN5O6S2/c1-69-48-34-32-40(33-35-48)37-70-56(68)52-41(36-60)38-72-55-51(54(67)65(52)55)62-53(66)50(64-71-59(45-26-14-5-15-27-45,46-28-16-6-17-29-46)47-30-18-7-19-31-47)49-39-73-57(61-49)63-58(42-20-8-2-9-21-42,43-22-10-3-11-23-43)44-24-12-4-13-25-44/h2-35,39,51,55H,36-38H2,1H3,(H,61,63)(H,62,66)/b64-50+/t51-,55-/m1/s1. The number of halogens is 1. The Kier molecular flexibility index (Phi) is 14.5. The smallest absolute Gasteiger partial charge is 0.355 e. The highest BCUT2D eigenvalue weighted by Crippen LogP contribution is 2.44. The van der Waals surface area contributed by atoms with Gasteiger partial charge in [-0.25, -0.2) is 9.78 Å². The predicted molar refractivity (Wildman–Crippen MR) is 287 cm³/mol. The van der Waals surface area contributed by atoms with Crippen molar-refractivity contribution in [1.29, 1.82) is 0 Å². The number of hydrogen-bond acceptors (Lipinski definition) is 11. The van der Waals surface area contributed by atoms with Gasteiger partial charge in [0.2, 0.25) is 5.60 Å². The van der Waals surface area contributed by atoms with E-state index in [4.69, 9.17) is 36.1 Å². The Balaban J connectivity index is 1.03. The highest BCUT2D eigenvalue weighted by molar-refractivity contribution is 8.00. The maximum atomic E-state index is 15.2. The summed E-state index contributed by atoms with van der Waals surface area (Å²) in [6, 6.07) is 65.6. The van der Waals surface area contributed by atoms with Gasteiger partial charge in [0.15, 0.2) is 10.8 Å². The molecule has 73 heavy (non-hydrogen) atoms. The Bertz CT molecular complexity index is 3060. The molecule has 364 valence electrons. The maximum Gasteiger partial charge on any atom is 0.355 e. The van der Waals surface area contributed by atoms with E-state index in [1.54, 1.807) is 36.8 Å². The number of anilines is 1. The van der Waals surface area contributed by atoms with Gasteiger partial charge in [-0.3, -0.25) is 14.5 Å². The van der Waals surface area contributed by atoms with Crippen molar-refractivity contribution in [1.82, 2.24) is 15.2 Å². The van der Waals surface area contributed by atoms with Crippen LogP contribution >= 0.6 is 34.7 Å². The topological polar surface area (TPSA) is 131 Å². The number of nitrogens with zero attached hydrogens (tertiary/aromatic N) is 3. The summed E-state index contributed by atoms with van der Waals surface area (Å²) in [5.74, 6) is -0.897. The summed E-state index contributed by atoms with van der Waals surface area (Å²) >= 11 is 9.09. The number of aromatic nitrogens is 1. The fourth-order valence-corrected chi connectivity index (χ4v) is 11.7. The van der Waals surface area contributed by atoms with Gasteiger partial charge < -0.3 is 24.9 Å². The first-order chi connectivity index (χ1) is 35.8. The zero-order chi connectivity index (χ0) is 50.2. The molecule has 0 bridgehead atoms. The average molecular weight is 1020 g/mol. The predicted octanol–water partition coefficient (Wildman–Crippen LogP) is 10.9. The molecule has 1 saturated heterocycles. The van der Waals surface area contributed by atoms with Gasteiger partial charge in [-0.2, -0.15) is 0 Å². The Labute approximate surface area is 436 Å². The molecule has 0 aliphatic carbocycles. The van der Waals surface area contributed by atoms with Gasteiger partial charge in [-0.15, -0.1) is 34.7 Å². The molecule has 3 heterocycles. The number of esters is 1. The minimum absolute atomic E-state index is 0.00787. The van der Waals surface area contributed by atoms with Crippen molar-refractivity contribution in [3.63, 3.8) is 0 Å². The summed E-state index contributed by atoms with van der Waals surface area (Å²) in [5.41, 5.74) is 4.26. The molecule has 10 rings (SSSR count). The molecule has 7 aromatic carbocycles. The molecule has 2 aliphatic heterocycles. The van der Waals surface area contributed by atoms with Crippen LogP contribution in [0.15, 0.2) is 228 Å². The molecule has 0 spiro atoms. The number of benzene rings is 7. The molecular weight excluding hydrogens is 974 g/mol. The van der Waals surface area contributed by atoms with Crippen LogP contribution in [0.1, 0.15) is 44.6 Å². The second-order valence-corrected chi connectivity index (χ2v) is 19.4. The quantitative estimate of drug-likeness (QED) is 0.0215. The Morgan fingerprint density at radius 1 is 0.699 bits per heavy atom. The average Bonchev–Trinajstić information content (AvgIpc) is 3.93. The summed E-state index contributed by atoms with van der Waals surface area (Å²) in [5, 5.41) is 13.2. The largest absolute Gasteiger partial charge is 0.497 e. The lowest BCUT2D eigenvalue weighted by atomic mass is 9.77. The van der Waals surface area contributed by atoms with Crippen molar-refractivity contribution in [2.45, 2.75) is 29.2 Å². The van der Waals surface area contributed by atoms with Gasteiger partial charge in [-0.1, -0.05) is 199 Å². The Morgan fingerprint density at radius 2 is 1.18 bits per heavy atom. The van der Waals surface area contributed by atoms with E-state index in [1.165, 1.54) is 28.0 Å². The number of hydrogen-bond donors (Lipinski definition) is 2. The molecule has 0 unspecified atom stereocenters. The summed E-state index contributed by atoms with van der Waals surface area (Å²) in [4.78, 5) is 56.8. The van der Waals surface area contributed by atoms with Crippen LogP contribution in [0.2, 0.25) is 0 Å². The van der Waals surface area contributed by atoms with Crippen LogP contribution in [0.4, 0.5) is 5.13 Å². The minimum Gasteiger partial charge on any atom is -0.497 e. The lowest BCUT2D eigenvalue weighted by molar-refractivity contribution is -0.153. The van der Waals surface area contributed by atoms with Crippen molar-refractivity contribution in [2.75, 3.05) is 24.1 Å². The zero-order valence-corrected chi connectivity index (χ0v) is 41.9. The number of ether oxygens (including phenoxy) is 2. The van der Waals surface area contributed by atoms with E-state index < -0.39 is 40.3 Å². The van der Waals surface area contributed by atoms with Gasteiger partial charge in [-0.05, 0) is 40.0 Å². The van der Waals surface area contributed by atoms with Crippen LogP contribution in [0.5, 0.6) is 5.75 Å². The molecule has 2 N–H and O–H groups in total. The fraction of sp³-hybridized carbons (Fsp3) is 0.136. The highest BCUT2D eigenvalue weighted by Gasteiger charge is 2.55. The summed E-state index contributed by atoms with van der Waals surface area (Å²) in [7, 11) is 1.57. The van der Waals surface area contributed by atoms with Crippen molar-refractivity contribution in [2.24, 2.45) is 5.16 Å². The number of thioether (sulfide) groups is 1. The number of alkyl halides is 1. The first-order valence-corrected chi connectivity index (χ1v) is 26.0. The number of carbonyl (C=O) groups excluding carboxylic acids is 3. The number of nitrogens with one attached hydrogen (secondary N) is 2. The van der Waals surface area contributed by atoms with Gasteiger partial charge in [0.25, 0.3) is 11.8 Å². The van der Waals surface area contributed by atoms with Crippen LogP contribution in [0.3, 0.4) is 0 Å². The molecule has 14 heteroatoms. The van der Waals surface area contributed by atoms with Crippen molar-refractivity contribution in [3.05, 3.63) is 268 Å². The highest BCUT2D eigenvalue weighted by atomic mass is 35.5. The van der Waals surface area contributed by atoms with Gasteiger partial charge in [0, 0.05) is 33.7 Å². The number of methoxy groups -OCH3 is 1. The number of β-lactam (4-membered cyclic amide) rings is 1. The summed E-state index contributed by atoms with van der Waals surface area (Å²) in [6.45, 7) is -0.0359. The zero-order valence-electron chi connectivity index (χ0n) is 39.5. The van der Waals surface area contributed by atoms with E-state index in [2.05, 4.69) is 47.0 Å². The van der Waals surface area contributed by atoms with E-state index in [0.717, 1.165) is 38.9 Å². The van der Waals surface area contributed by atoms with E-state index in [-0.39, 0.29) is 29.6 Å². The molecular formula is C59H48ClN5O6S2. The Morgan fingerprint density at radius 3 is 1.64 bits per heavy atom. The summed E-state index contributed by atoms with van der Waals surface area (Å²) < 4.78 is 11.0. The third-order valence-corrected chi connectivity index (χ3v) is 15.3. The normalized spacial score (nSPS) is 15.7. The van der Waals surface area contributed by atoms with Crippen LogP contribution in [0.25, 0.3) is 0 Å². The fourth-order valence-electron chi connectivity index (χ4n) is 9.30. The third-order valence-electron chi connectivity index (χ3n) is 12.9. The van der Waals surface area contributed by atoms with E-state index in [1.807, 2.05) is 146 Å². The SMILES string of the molecule is COc1ccc(COC(=O)C2=C(CCl)CS[C@@H]3[C@H](NC(=O)/C(=N/OC(c4ccccc4)(c4ccccc4)c4ccccc4)c4csc(NC(c5ccccc5)(c5ccccc5)c5ccccc5)n4)C(=O)N23)cc1. The van der Waals surface area contributed by atoms with E-state index >= 15 is 4.79 Å². The van der Waals surface area contributed by atoms with Gasteiger partial charge >= 0.3 is 5.97 Å². The van der Waals surface area contributed by atoms with Gasteiger partial charge in [0.1, 0.15) is 40.7 Å². The first kappa shape index (κ1) is 48.6. The van der Waals surface area contributed by atoms with Crippen molar-refractivity contribution >= 4 is 63.3 Å². The molecule has 2 aliphatic rings. The number of thiazole rings is 1. The maximum absolute atomic E-state index is 15.2. The number of rotatable bonds is 18. The molecule has 0 radical (unpaired) electrons. The van der Waals surface area contributed by atoms with Crippen LogP contribution in [0, 0.1) is 0 Å². The second kappa shape index (κ2) is 21.8. The number of oxime groups is 1. The van der Waals surface area contributed by atoms with Crippen LogP contribution in [-0.2, 0) is 41.7 Å². The van der Waals surface area contributed by atoms with E-state index in [0.29, 0.717) is 22.2 Å². The monoisotopic (exact) mass is 1020 g/mol. The molecule has 8 aromatic rings. The molecule has 2 atom stereocenters. The molecule has 0 saturated carbocycles. The number of carbonyl (C=O) groups is 3. The van der Waals surface area contributed by atoms with Crippen LogP contribution in [-0.4, -0.2) is 63.5 Å². The minimum atomic E-state index is -1.36. The lowest BCUT2D eigenvalue weighted by Crippen LogP contribution is -2.71. The Hall–Kier alpha value is -7.97. The van der Waals surface area contributed by atoms with Crippen molar-refractivity contribution < 1.29 is 28.7 Å². The molecule has 11 nitrogen and oxygen atoms in total. The van der Waals surface area contributed by atoms with Gasteiger partial charge in [0.05, 0.1) is 7.11 Å². The lowest BCUT2D eigenvalue weighted by Gasteiger charge is -2.49. The number of fused-ring (bicyclic) bond motifs is 1. The summed E-state index contributed by atoms with van der Waals surface area (Å²) in [6.07, 6.45) is 0. The molecule has 2 amide bonds.